The maximum absolute atomic E-state index is 13.3. The number of rotatable bonds is 3. The van der Waals surface area contributed by atoms with Crippen LogP contribution in [0, 0.1) is 11.3 Å². The monoisotopic (exact) mass is 400 g/mol. The molecule has 1 atom stereocenters. The Hall–Kier alpha value is -3.76. The van der Waals surface area contributed by atoms with Gasteiger partial charge < -0.3 is 11.5 Å². The van der Waals surface area contributed by atoms with Gasteiger partial charge in [0.05, 0.1) is 15.9 Å². The lowest BCUT2D eigenvalue weighted by atomic mass is 10.1. The number of aromatic nitrogens is 1. The highest BCUT2D eigenvalue weighted by Crippen LogP contribution is 2.38. The molecule has 142 valence electrons. The van der Waals surface area contributed by atoms with Crippen LogP contribution in [0.1, 0.15) is 26.9 Å². The molecule has 1 aromatic heterocycles. The average molecular weight is 400 g/mol. The fourth-order valence-electron chi connectivity index (χ4n) is 3.38. The molecule has 4 rings (SSSR count). The van der Waals surface area contributed by atoms with Crippen LogP contribution in [-0.2, 0) is 4.79 Å². The zero-order chi connectivity index (χ0) is 20.5. The molecule has 3 aromatic rings. The van der Waals surface area contributed by atoms with E-state index in [0.29, 0.717) is 5.22 Å². The fourth-order valence-corrected chi connectivity index (χ4v) is 4.54. The van der Waals surface area contributed by atoms with Crippen molar-refractivity contribution in [1.82, 2.24) is 4.57 Å². The number of amides is 1. The van der Waals surface area contributed by atoms with E-state index in [4.69, 9.17) is 11.5 Å². The van der Waals surface area contributed by atoms with Gasteiger partial charge in [-0.05, 0) is 17.2 Å². The van der Waals surface area contributed by atoms with Crippen molar-refractivity contribution in [1.29, 1.82) is 5.26 Å². The van der Waals surface area contributed by atoms with E-state index >= 15 is 0 Å². The van der Waals surface area contributed by atoms with Crippen molar-refractivity contribution in [2.24, 2.45) is 5.73 Å². The number of nitrogens with two attached hydrogens (primary N) is 2. The predicted octanol–water partition coefficient (Wildman–Crippen LogP) is 1.49. The summed E-state index contributed by atoms with van der Waals surface area (Å²) < 4.78 is 1.23. The molecule has 0 bridgehead atoms. The molecule has 0 saturated carbocycles. The summed E-state index contributed by atoms with van der Waals surface area (Å²) >= 11 is 1.09. The average Bonchev–Trinajstić information content (AvgIpc) is 3.01. The molecule has 0 saturated heterocycles. The SMILES string of the molecule is N#Cc1c(N)/c(=C\c2ccccc2)c2n1C(=O)C(c1ccccc1)SC=2C(N)=O. The molecule has 1 unspecified atom stereocenters. The molecule has 0 fully saturated rings. The van der Waals surface area contributed by atoms with Crippen molar-refractivity contribution in [3.63, 3.8) is 0 Å². The molecule has 7 heteroatoms. The molecule has 6 nitrogen and oxygen atoms in total. The van der Waals surface area contributed by atoms with Crippen LogP contribution >= 0.6 is 11.8 Å². The van der Waals surface area contributed by atoms with Crippen LogP contribution in [0.15, 0.2) is 60.7 Å². The Balaban J connectivity index is 2.08. The second kappa shape index (κ2) is 7.34. The number of anilines is 1. The Bertz CT molecular complexity index is 1290. The summed E-state index contributed by atoms with van der Waals surface area (Å²) in [6.45, 7) is 0. The van der Waals surface area contributed by atoms with E-state index in [1.807, 2.05) is 54.6 Å². The highest BCUT2D eigenvalue weighted by Gasteiger charge is 2.35. The van der Waals surface area contributed by atoms with Gasteiger partial charge in [0.25, 0.3) is 5.91 Å². The van der Waals surface area contributed by atoms with Gasteiger partial charge in [-0.1, -0.05) is 72.4 Å². The number of thioether (sulfide) groups is 1. The lowest BCUT2D eigenvalue weighted by Crippen LogP contribution is -2.43. The minimum Gasteiger partial charge on any atom is -0.396 e. The maximum atomic E-state index is 13.3. The minimum atomic E-state index is -0.699. The topological polar surface area (TPSA) is 115 Å². The normalized spacial score (nSPS) is 16.4. The molecule has 2 heterocycles. The van der Waals surface area contributed by atoms with Gasteiger partial charge in [0.15, 0.2) is 5.69 Å². The molecule has 0 spiro atoms. The van der Waals surface area contributed by atoms with Crippen LogP contribution in [0.4, 0.5) is 5.69 Å². The predicted molar refractivity (Wildman–Crippen MR) is 113 cm³/mol. The lowest BCUT2D eigenvalue weighted by Gasteiger charge is -2.22. The number of nitrogens with zero attached hydrogens (tertiary/aromatic N) is 2. The van der Waals surface area contributed by atoms with E-state index in [1.165, 1.54) is 4.57 Å². The highest BCUT2D eigenvalue weighted by molar-refractivity contribution is 8.10. The van der Waals surface area contributed by atoms with Crippen molar-refractivity contribution in [2.45, 2.75) is 5.25 Å². The van der Waals surface area contributed by atoms with Crippen LogP contribution in [-0.4, -0.2) is 16.4 Å². The van der Waals surface area contributed by atoms with Gasteiger partial charge in [0, 0.05) is 5.22 Å². The molecule has 29 heavy (non-hydrogen) atoms. The van der Waals surface area contributed by atoms with Crippen molar-refractivity contribution in [3.8, 4) is 6.07 Å². The number of carbonyl (C=O) groups excluding carboxylic acids is 2. The number of nitriles is 1. The molecule has 1 aliphatic heterocycles. The lowest BCUT2D eigenvalue weighted by molar-refractivity contribution is -0.112. The summed E-state index contributed by atoms with van der Waals surface area (Å²) in [7, 11) is 0. The summed E-state index contributed by atoms with van der Waals surface area (Å²) in [4.78, 5) is 25.9. The number of fused-ring (bicyclic) bond motifs is 1. The largest absolute Gasteiger partial charge is 0.396 e. The number of nitrogen functional groups attached to an aromatic ring is 1. The zero-order valence-corrected chi connectivity index (χ0v) is 16.0. The number of primary amides is 1. The molecule has 1 amide bonds. The van der Waals surface area contributed by atoms with Gasteiger partial charge in [-0.25, -0.2) is 0 Å². The van der Waals surface area contributed by atoms with E-state index in [9.17, 15) is 14.9 Å². The third-order valence-electron chi connectivity index (χ3n) is 4.69. The summed E-state index contributed by atoms with van der Waals surface area (Å²) in [6.07, 6.45) is 1.75. The van der Waals surface area contributed by atoms with Gasteiger partial charge in [0.2, 0.25) is 5.91 Å². The van der Waals surface area contributed by atoms with Gasteiger partial charge >= 0.3 is 0 Å². The van der Waals surface area contributed by atoms with Gasteiger partial charge in [0.1, 0.15) is 11.3 Å². The third-order valence-corrected chi connectivity index (χ3v) is 6.03. The van der Waals surface area contributed by atoms with E-state index in [1.54, 1.807) is 18.2 Å². The van der Waals surface area contributed by atoms with Crippen LogP contribution in [0.5, 0.6) is 0 Å². The highest BCUT2D eigenvalue weighted by atomic mass is 32.2. The van der Waals surface area contributed by atoms with Crippen LogP contribution < -0.4 is 22.0 Å². The Morgan fingerprint density at radius 3 is 2.31 bits per heavy atom. The number of hydrogen-bond donors (Lipinski definition) is 2. The first kappa shape index (κ1) is 18.6. The Labute approximate surface area is 170 Å². The van der Waals surface area contributed by atoms with Crippen molar-refractivity contribution in [3.05, 3.63) is 88.1 Å². The molecule has 2 aromatic carbocycles. The molecule has 0 radical (unpaired) electrons. The van der Waals surface area contributed by atoms with E-state index < -0.39 is 11.2 Å². The van der Waals surface area contributed by atoms with Gasteiger partial charge in [-0.2, -0.15) is 5.26 Å². The van der Waals surface area contributed by atoms with Crippen molar-refractivity contribution in [2.75, 3.05) is 5.73 Å². The van der Waals surface area contributed by atoms with Crippen LogP contribution in [0.2, 0.25) is 0 Å². The molecule has 4 N–H and O–H groups in total. The molecule has 1 aliphatic rings. The van der Waals surface area contributed by atoms with Crippen molar-refractivity contribution < 1.29 is 9.59 Å². The van der Waals surface area contributed by atoms with E-state index in [-0.39, 0.29) is 27.5 Å². The smallest absolute Gasteiger partial charge is 0.257 e. The third kappa shape index (κ3) is 3.10. The molecule has 0 aliphatic carbocycles. The maximum Gasteiger partial charge on any atom is 0.257 e. The van der Waals surface area contributed by atoms with Gasteiger partial charge in [-0.3, -0.25) is 14.2 Å². The molecular weight excluding hydrogens is 384 g/mol. The van der Waals surface area contributed by atoms with Crippen LogP contribution in [0.3, 0.4) is 0 Å². The summed E-state index contributed by atoms with van der Waals surface area (Å²) in [5, 5.41) is 9.72. The van der Waals surface area contributed by atoms with Crippen molar-refractivity contribution >= 4 is 40.2 Å². The zero-order valence-electron chi connectivity index (χ0n) is 15.2. The number of hydrogen-bond acceptors (Lipinski definition) is 5. The Morgan fingerprint density at radius 2 is 1.72 bits per heavy atom. The van der Waals surface area contributed by atoms with E-state index in [0.717, 1.165) is 22.9 Å². The standard InChI is InChI=1S/C22H16N4O2S/c23-12-16-17(24)15(11-13-7-3-1-4-8-13)18-20(21(25)27)29-19(22(28)26(16)18)14-9-5-2-6-10-14/h1-11,19H,24H2,(H2,25,27)/b15-11+. The number of carbonyl (C=O) groups is 2. The Kier molecular flexibility index (Phi) is 4.71. The second-order valence-corrected chi connectivity index (χ2v) is 7.58. The van der Waals surface area contributed by atoms with Gasteiger partial charge in [-0.15, -0.1) is 0 Å². The first-order valence-electron chi connectivity index (χ1n) is 8.80. The minimum absolute atomic E-state index is 0.00663. The Morgan fingerprint density at radius 1 is 1.10 bits per heavy atom. The van der Waals surface area contributed by atoms with E-state index in [2.05, 4.69) is 0 Å². The summed E-state index contributed by atoms with van der Waals surface area (Å²) in [5.74, 6) is -1.01. The summed E-state index contributed by atoms with van der Waals surface area (Å²) in [5.41, 5.74) is 13.6. The number of benzene rings is 2. The molecular formula is C22H16N4O2S. The first-order valence-corrected chi connectivity index (χ1v) is 9.68. The van der Waals surface area contributed by atoms with Crippen LogP contribution in [0.25, 0.3) is 11.0 Å². The quantitative estimate of drug-likeness (QED) is 0.691. The second-order valence-electron chi connectivity index (χ2n) is 6.47. The first-order chi connectivity index (χ1) is 14.0. The summed E-state index contributed by atoms with van der Waals surface area (Å²) in [6, 6.07) is 20.4. The fraction of sp³-hybridized carbons (Fsp3) is 0.0455.